The van der Waals surface area contributed by atoms with E-state index in [-0.39, 0.29) is 5.91 Å². The fourth-order valence-corrected chi connectivity index (χ4v) is 3.57. The number of carbonyl (C=O) groups is 1. The molecule has 0 radical (unpaired) electrons. The summed E-state index contributed by atoms with van der Waals surface area (Å²) in [7, 11) is 0. The third-order valence-corrected chi connectivity index (χ3v) is 5.43. The molecule has 0 spiro atoms. The van der Waals surface area contributed by atoms with E-state index in [1.165, 1.54) is 0 Å². The molecule has 2 heterocycles. The lowest BCUT2D eigenvalue weighted by Gasteiger charge is -2.35. The van der Waals surface area contributed by atoms with Crippen LogP contribution in [0.25, 0.3) is 0 Å². The summed E-state index contributed by atoms with van der Waals surface area (Å²) in [6.45, 7) is 4.93. The standard InChI is InChI=1S/C23H24ClN5O2/c24-19-8-4-5-9-21(19)31-17-16-28-12-14-29(15-13-28)22-11-10-20(26-27-22)23(30)25-18-6-2-1-3-7-18/h1-11H,12-17H2,(H,25,30). The van der Waals surface area contributed by atoms with Crippen LogP contribution in [0.4, 0.5) is 11.5 Å². The molecule has 1 saturated heterocycles. The summed E-state index contributed by atoms with van der Waals surface area (Å²) in [6.07, 6.45) is 0. The number of hydrogen-bond acceptors (Lipinski definition) is 6. The molecule has 3 aromatic rings. The number of anilines is 2. The largest absolute Gasteiger partial charge is 0.491 e. The van der Waals surface area contributed by atoms with Gasteiger partial charge in [-0.2, -0.15) is 0 Å². The predicted octanol–water partition coefficient (Wildman–Crippen LogP) is 3.58. The molecule has 0 unspecified atom stereocenters. The molecule has 0 bridgehead atoms. The van der Waals surface area contributed by atoms with Crippen molar-refractivity contribution >= 4 is 29.0 Å². The Morgan fingerprint density at radius 3 is 2.39 bits per heavy atom. The van der Waals surface area contributed by atoms with Gasteiger partial charge in [-0.1, -0.05) is 41.9 Å². The van der Waals surface area contributed by atoms with Gasteiger partial charge in [-0.15, -0.1) is 10.2 Å². The molecule has 160 valence electrons. The van der Waals surface area contributed by atoms with Gasteiger partial charge in [-0.05, 0) is 36.4 Å². The van der Waals surface area contributed by atoms with Crippen molar-refractivity contribution in [2.45, 2.75) is 0 Å². The zero-order valence-electron chi connectivity index (χ0n) is 17.1. The van der Waals surface area contributed by atoms with Crippen LogP contribution in [0.2, 0.25) is 5.02 Å². The molecule has 1 N–H and O–H groups in total. The van der Waals surface area contributed by atoms with E-state index in [9.17, 15) is 4.79 Å². The van der Waals surface area contributed by atoms with Gasteiger partial charge >= 0.3 is 0 Å². The number of rotatable bonds is 7. The highest BCUT2D eigenvalue weighted by atomic mass is 35.5. The van der Waals surface area contributed by atoms with Gasteiger partial charge < -0.3 is 15.0 Å². The summed E-state index contributed by atoms with van der Waals surface area (Å²) < 4.78 is 5.78. The zero-order chi connectivity index (χ0) is 21.5. The van der Waals surface area contributed by atoms with Crippen molar-refractivity contribution in [1.82, 2.24) is 15.1 Å². The Balaban J connectivity index is 1.23. The third-order valence-electron chi connectivity index (χ3n) is 5.11. The number of para-hydroxylation sites is 2. The van der Waals surface area contributed by atoms with Gasteiger partial charge in [0.1, 0.15) is 12.4 Å². The van der Waals surface area contributed by atoms with Crippen LogP contribution in [-0.4, -0.2) is 60.3 Å². The average molecular weight is 438 g/mol. The SMILES string of the molecule is O=C(Nc1ccccc1)c1ccc(N2CCN(CCOc3ccccc3Cl)CC2)nn1. The van der Waals surface area contributed by atoms with Crippen LogP contribution >= 0.6 is 11.6 Å². The number of hydrogen-bond donors (Lipinski definition) is 1. The van der Waals surface area contributed by atoms with E-state index in [0.717, 1.165) is 50.0 Å². The number of nitrogens with zero attached hydrogens (tertiary/aromatic N) is 4. The number of aromatic nitrogens is 2. The minimum absolute atomic E-state index is 0.270. The van der Waals surface area contributed by atoms with Gasteiger partial charge in [0.15, 0.2) is 11.5 Å². The van der Waals surface area contributed by atoms with E-state index in [1.807, 2.05) is 60.7 Å². The fourth-order valence-electron chi connectivity index (χ4n) is 3.38. The number of halogens is 1. The molecule has 1 aliphatic rings. The molecule has 0 atom stereocenters. The van der Waals surface area contributed by atoms with Gasteiger partial charge in [-0.3, -0.25) is 9.69 Å². The first-order chi connectivity index (χ1) is 15.2. The number of nitrogens with one attached hydrogen (secondary N) is 1. The van der Waals surface area contributed by atoms with E-state index in [0.29, 0.717) is 17.3 Å². The van der Waals surface area contributed by atoms with Gasteiger partial charge in [0.25, 0.3) is 5.91 Å². The Labute approximate surface area is 186 Å². The lowest BCUT2D eigenvalue weighted by molar-refractivity contribution is 0.102. The first-order valence-electron chi connectivity index (χ1n) is 10.2. The molecule has 1 fully saturated rings. The number of benzene rings is 2. The monoisotopic (exact) mass is 437 g/mol. The van der Waals surface area contributed by atoms with Crippen LogP contribution in [0.1, 0.15) is 10.5 Å². The van der Waals surface area contributed by atoms with Gasteiger partial charge in [0, 0.05) is 38.4 Å². The van der Waals surface area contributed by atoms with Crippen LogP contribution in [0.15, 0.2) is 66.7 Å². The molecular formula is C23H24ClN5O2. The molecule has 31 heavy (non-hydrogen) atoms. The molecule has 8 heteroatoms. The highest BCUT2D eigenvalue weighted by Gasteiger charge is 2.19. The fraction of sp³-hybridized carbons (Fsp3) is 0.261. The molecule has 2 aromatic carbocycles. The predicted molar refractivity (Wildman–Crippen MR) is 122 cm³/mol. The lowest BCUT2D eigenvalue weighted by Crippen LogP contribution is -2.47. The Bertz CT molecular complexity index is 992. The molecule has 0 aliphatic carbocycles. The maximum absolute atomic E-state index is 12.3. The molecular weight excluding hydrogens is 414 g/mol. The van der Waals surface area contributed by atoms with Crippen molar-refractivity contribution in [3.63, 3.8) is 0 Å². The molecule has 1 amide bonds. The highest BCUT2D eigenvalue weighted by Crippen LogP contribution is 2.23. The summed E-state index contributed by atoms with van der Waals surface area (Å²) >= 11 is 6.12. The highest BCUT2D eigenvalue weighted by molar-refractivity contribution is 6.32. The molecule has 1 aromatic heterocycles. The summed E-state index contributed by atoms with van der Waals surface area (Å²) in [5.41, 5.74) is 1.02. The minimum atomic E-state index is -0.270. The van der Waals surface area contributed by atoms with Crippen molar-refractivity contribution in [3.05, 3.63) is 77.4 Å². The Morgan fingerprint density at radius 1 is 0.935 bits per heavy atom. The van der Waals surface area contributed by atoms with E-state index in [2.05, 4.69) is 25.3 Å². The van der Waals surface area contributed by atoms with Gasteiger partial charge in [-0.25, -0.2) is 0 Å². The second kappa shape index (κ2) is 10.2. The van der Waals surface area contributed by atoms with Crippen molar-refractivity contribution in [3.8, 4) is 5.75 Å². The van der Waals surface area contributed by atoms with E-state index in [4.69, 9.17) is 16.3 Å². The van der Waals surface area contributed by atoms with Crippen molar-refractivity contribution in [1.29, 1.82) is 0 Å². The summed E-state index contributed by atoms with van der Waals surface area (Å²) in [5.74, 6) is 1.23. The quantitative estimate of drug-likeness (QED) is 0.609. The smallest absolute Gasteiger partial charge is 0.276 e. The summed E-state index contributed by atoms with van der Waals surface area (Å²) in [5, 5.41) is 11.8. The van der Waals surface area contributed by atoms with Gasteiger partial charge in [0.05, 0.1) is 5.02 Å². The molecule has 4 rings (SSSR count). The van der Waals surface area contributed by atoms with Crippen LogP contribution < -0.4 is 15.0 Å². The maximum Gasteiger partial charge on any atom is 0.276 e. The molecule has 1 aliphatic heterocycles. The van der Waals surface area contributed by atoms with Crippen molar-refractivity contribution < 1.29 is 9.53 Å². The van der Waals surface area contributed by atoms with Crippen LogP contribution in [0.3, 0.4) is 0 Å². The number of carbonyl (C=O) groups excluding carboxylic acids is 1. The van der Waals surface area contributed by atoms with Crippen molar-refractivity contribution in [2.75, 3.05) is 49.5 Å². The van der Waals surface area contributed by atoms with Crippen LogP contribution in [0.5, 0.6) is 5.75 Å². The maximum atomic E-state index is 12.3. The van der Waals surface area contributed by atoms with Crippen LogP contribution in [0, 0.1) is 0 Å². The normalized spacial score (nSPS) is 14.3. The number of ether oxygens (including phenoxy) is 1. The summed E-state index contributed by atoms with van der Waals surface area (Å²) in [6, 6.07) is 20.4. The van der Waals surface area contributed by atoms with E-state index < -0.39 is 0 Å². The van der Waals surface area contributed by atoms with E-state index >= 15 is 0 Å². The van der Waals surface area contributed by atoms with Gasteiger partial charge in [0.2, 0.25) is 0 Å². The second-order valence-corrected chi connectivity index (χ2v) is 7.61. The molecule has 7 nitrogen and oxygen atoms in total. The summed E-state index contributed by atoms with van der Waals surface area (Å²) in [4.78, 5) is 16.8. The second-order valence-electron chi connectivity index (χ2n) is 7.20. The van der Waals surface area contributed by atoms with Crippen molar-refractivity contribution in [2.24, 2.45) is 0 Å². The Hall–Kier alpha value is -3.16. The Morgan fingerprint density at radius 2 is 1.68 bits per heavy atom. The third kappa shape index (κ3) is 5.71. The van der Waals surface area contributed by atoms with Crippen LogP contribution in [-0.2, 0) is 0 Å². The topological polar surface area (TPSA) is 70.6 Å². The number of amides is 1. The lowest BCUT2D eigenvalue weighted by atomic mass is 10.3. The average Bonchev–Trinajstić information content (AvgIpc) is 2.81. The zero-order valence-corrected chi connectivity index (χ0v) is 17.8. The first kappa shape index (κ1) is 21.1. The van der Waals surface area contributed by atoms with E-state index in [1.54, 1.807) is 6.07 Å². The molecule has 0 saturated carbocycles. The Kier molecular flexibility index (Phi) is 6.96. The minimum Gasteiger partial charge on any atom is -0.491 e. The number of piperazine rings is 1. The first-order valence-corrected chi connectivity index (χ1v) is 10.6.